The molecule has 31 heavy (non-hydrogen) atoms. The molecule has 6 nitrogen and oxygen atoms in total. The van der Waals surface area contributed by atoms with Crippen molar-refractivity contribution >= 4 is 5.91 Å². The van der Waals surface area contributed by atoms with Crippen molar-refractivity contribution in [1.82, 2.24) is 15.0 Å². The van der Waals surface area contributed by atoms with Gasteiger partial charge in [0.1, 0.15) is 23.5 Å². The van der Waals surface area contributed by atoms with E-state index in [1.54, 1.807) is 6.07 Å². The van der Waals surface area contributed by atoms with Crippen molar-refractivity contribution < 1.29 is 36.0 Å². The van der Waals surface area contributed by atoms with Crippen LogP contribution in [0, 0.1) is 11.6 Å². The monoisotopic (exact) mass is 439 g/mol. The molecule has 1 amide bonds. The van der Waals surface area contributed by atoms with Crippen LogP contribution in [0.15, 0.2) is 47.0 Å². The number of rotatable bonds is 4. The molecule has 1 atom stereocenters. The molecule has 2 heterocycles. The first-order valence-corrected chi connectivity index (χ1v) is 9.13. The first-order chi connectivity index (χ1) is 14.7. The van der Waals surface area contributed by atoms with Crippen LogP contribution in [0.3, 0.4) is 0 Å². The highest BCUT2D eigenvalue weighted by Gasteiger charge is 2.38. The van der Waals surface area contributed by atoms with Gasteiger partial charge in [0.2, 0.25) is 5.82 Å². The van der Waals surface area contributed by atoms with Crippen molar-refractivity contribution in [2.45, 2.75) is 18.7 Å². The van der Waals surface area contributed by atoms with Crippen molar-refractivity contribution in [2.75, 3.05) is 13.1 Å². The van der Waals surface area contributed by atoms with Crippen LogP contribution in [0.2, 0.25) is 0 Å². The van der Waals surface area contributed by atoms with Gasteiger partial charge in [-0.25, -0.2) is 8.78 Å². The molecule has 0 radical (unpaired) electrons. The second-order valence-electron chi connectivity index (χ2n) is 6.82. The molecule has 1 aliphatic heterocycles. The Morgan fingerprint density at radius 3 is 2.58 bits per heavy atom. The van der Waals surface area contributed by atoms with Crippen molar-refractivity contribution in [2.24, 2.45) is 0 Å². The van der Waals surface area contributed by atoms with Gasteiger partial charge in [0.15, 0.2) is 0 Å². The normalized spacial score (nSPS) is 16.5. The summed E-state index contributed by atoms with van der Waals surface area (Å²) >= 11 is 0. The molecule has 4 rings (SSSR count). The molecule has 11 heteroatoms. The van der Waals surface area contributed by atoms with Gasteiger partial charge >= 0.3 is 12.1 Å². The zero-order chi connectivity index (χ0) is 22.2. The largest absolute Gasteiger partial charge is 0.488 e. The quantitative estimate of drug-likeness (QED) is 0.567. The average Bonchev–Trinajstić information content (AvgIpc) is 3.38. The Kier molecular flexibility index (Phi) is 5.34. The van der Waals surface area contributed by atoms with E-state index < -0.39 is 41.5 Å². The minimum absolute atomic E-state index is 0.0446. The lowest BCUT2D eigenvalue weighted by molar-refractivity contribution is -0.159. The molecular weight excluding hydrogens is 425 g/mol. The second-order valence-corrected chi connectivity index (χ2v) is 6.82. The third-order valence-electron chi connectivity index (χ3n) is 4.69. The van der Waals surface area contributed by atoms with Crippen LogP contribution in [0.4, 0.5) is 22.0 Å². The lowest BCUT2D eigenvalue weighted by Gasteiger charge is -2.18. The standard InChI is InChI=1S/C20H14F5N3O3/c21-15-4-2-1-3-14(15)18(29)28-8-7-12(10-28)30-11-5-6-13(16(22)9-11)17-26-19(31-27-17)20(23,24)25/h1-6,9,12H,7-8,10H2/t12-/m1/s1. The van der Waals surface area contributed by atoms with Crippen molar-refractivity contribution in [3.05, 3.63) is 65.6 Å². The molecule has 3 aromatic rings. The fourth-order valence-electron chi connectivity index (χ4n) is 3.20. The number of hydrogen-bond donors (Lipinski definition) is 0. The number of carbonyl (C=O) groups is 1. The van der Waals surface area contributed by atoms with E-state index in [2.05, 4.69) is 14.7 Å². The van der Waals surface area contributed by atoms with Gasteiger partial charge in [-0.1, -0.05) is 17.3 Å². The number of ether oxygens (including phenoxy) is 1. The summed E-state index contributed by atoms with van der Waals surface area (Å²) in [5.41, 5.74) is -0.328. The lowest BCUT2D eigenvalue weighted by atomic mass is 10.2. The first kappa shape index (κ1) is 20.8. The summed E-state index contributed by atoms with van der Waals surface area (Å²) < 4.78 is 75.7. The Labute approximate surface area is 172 Å². The number of alkyl halides is 3. The molecule has 0 unspecified atom stereocenters. The minimum atomic E-state index is -4.83. The maximum absolute atomic E-state index is 14.4. The summed E-state index contributed by atoms with van der Waals surface area (Å²) in [5, 5.41) is 3.15. The highest BCUT2D eigenvalue weighted by molar-refractivity contribution is 5.94. The van der Waals surface area contributed by atoms with E-state index in [1.807, 2.05) is 0 Å². The Morgan fingerprint density at radius 1 is 1.13 bits per heavy atom. The highest BCUT2D eigenvalue weighted by atomic mass is 19.4. The molecule has 1 saturated heterocycles. The van der Waals surface area contributed by atoms with E-state index in [-0.39, 0.29) is 23.4 Å². The minimum Gasteiger partial charge on any atom is -0.488 e. The SMILES string of the molecule is O=C(c1ccccc1F)N1CC[C@@H](Oc2ccc(-c3noc(C(F)(F)F)n3)c(F)c2)C1. The molecule has 0 spiro atoms. The molecule has 1 aromatic heterocycles. The number of halogens is 5. The summed E-state index contributed by atoms with van der Waals surface area (Å²) in [5.74, 6) is -3.99. The Balaban J connectivity index is 1.43. The molecule has 0 saturated carbocycles. The van der Waals surface area contributed by atoms with Gasteiger partial charge in [-0.05, 0) is 24.3 Å². The lowest BCUT2D eigenvalue weighted by Crippen LogP contribution is -2.31. The van der Waals surface area contributed by atoms with Gasteiger partial charge < -0.3 is 14.2 Å². The van der Waals surface area contributed by atoms with Crippen molar-refractivity contribution in [3.8, 4) is 17.1 Å². The highest BCUT2D eigenvalue weighted by Crippen LogP contribution is 2.31. The third-order valence-corrected chi connectivity index (χ3v) is 4.69. The molecule has 0 bridgehead atoms. The summed E-state index contributed by atoms with van der Waals surface area (Å²) in [6, 6.07) is 9.15. The zero-order valence-corrected chi connectivity index (χ0v) is 15.7. The summed E-state index contributed by atoms with van der Waals surface area (Å²) in [4.78, 5) is 17.1. The fourth-order valence-corrected chi connectivity index (χ4v) is 3.20. The maximum atomic E-state index is 14.4. The zero-order valence-electron chi connectivity index (χ0n) is 15.7. The van der Waals surface area contributed by atoms with E-state index in [0.29, 0.717) is 13.0 Å². The van der Waals surface area contributed by atoms with Crippen LogP contribution in [0.1, 0.15) is 22.7 Å². The number of likely N-dealkylation sites (tertiary alicyclic amines) is 1. The van der Waals surface area contributed by atoms with Crippen LogP contribution >= 0.6 is 0 Å². The number of hydrogen-bond acceptors (Lipinski definition) is 5. The van der Waals surface area contributed by atoms with Gasteiger partial charge in [-0.2, -0.15) is 18.2 Å². The Hall–Kier alpha value is -3.50. The predicted molar refractivity (Wildman–Crippen MR) is 96.0 cm³/mol. The molecular formula is C20H14F5N3O3. The van der Waals surface area contributed by atoms with Gasteiger partial charge in [-0.3, -0.25) is 4.79 Å². The van der Waals surface area contributed by atoms with Gasteiger partial charge in [0, 0.05) is 19.0 Å². The van der Waals surface area contributed by atoms with Crippen LogP contribution in [-0.4, -0.2) is 40.1 Å². The molecule has 2 aromatic carbocycles. The van der Waals surface area contributed by atoms with Crippen LogP contribution in [-0.2, 0) is 6.18 Å². The molecule has 1 aliphatic rings. The summed E-state index contributed by atoms with van der Waals surface area (Å²) in [6.07, 6.45) is -4.84. The number of amides is 1. The first-order valence-electron chi connectivity index (χ1n) is 9.13. The van der Waals surface area contributed by atoms with Gasteiger partial charge in [0.25, 0.3) is 5.91 Å². The summed E-state index contributed by atoms with van der Waals surface area (Å²) in [6.45, 7) is 0.512. The second kappa shape index (κ2) is 7.97. The van der Waals surface area contributed by atoms with Gasteiger partial charge in [0.05, 0.1) is 17.7 Å². The predicted octanol–water partition coefficient (Wildman–Crippen LogP) is 4.33. The van der Waals surface area contributed by atoms with E-state index in [1.165, 1.54) is 35.2 Å². The van der Waals surface area contributed by atoms with Crippen LogP contribution in [0.5, 0.6) is 5.75 Å². The van der Waals surface area contributed by atoms with Crippen molar-refractivity contribution in [3.63, 3.8) is 0 Å². The topological polar surface area (TPSA) is 68.5 Å². The molecule has 0 N–H and O–H groups in total. The van der Waals surface area contributed by atoms with E-state index in [9.17, 15) is 26.7 Å². The van der Waals surface area contributed by atoms with E-state index >= 15 is 0 Å². The molecule has 162 valence electrons. The average molecular weight is 439 g/mol. The number of benzene rings is 2. The maximum Gasteiger partial charge on any atom is 0.471 e. The Morgan fingerprint density at radius 2 is 1.90 bits per heavy atom. The molecule has 1 fully saturated rings. The van der Waals surface area contributed by atoms with Crippen LogP contribution in [0.25, 0.3) is 11.4 Å². The molecule has 0 aliphatic carbocycles. The fraction of sp³-hybridized carbons (Fsp3) is 0.250. The van der Waals surface area contributed by atoms with Crippen LogP contribution < -0.4 is 4.74 Å². The van der Waals surface area contributed by atoms with Crippen molar-refractivity contribution in [1.29, 1.82) is 0 Å². The van der Waals surface area contributed by atoms with Gasteiger partial charge in [-0.15, -0.1) is 0 Å². The smallest absolute Gasteiger partial charge is 0.471 e. The van der Waals surface area contributed by atoms with E-state index in [0.717, 1.165) is 6.07 Å². The summed E-state index contributed by atoms with van der Waals surface area (Å²) in [7, 11) is 0. The number of aromatic nitrogens is 2. The van der Waals surface area contributed by atoms with E-state index in [4.69, 9.17) is 4.74 Å². The number of nitrogens with zero attached hydrogens (tertiary/aromatic N) is 3. The number of carbonyl (C=O) groups excluding carboxylic acids is 1. The Bertz CT molecular complexity index is 1120. The third kappa shape index (κ3) is 4.35.